The van der Waals surface area contributed by atoms with E-state index in [2.05, 4.69) is 10.3 Å². The maximum atomic E-state index is 10.4. The predicted octanol–water partition coefficient (Wildman–Crippen LogP) is 3.06. The van der Waals surface area contributed by atoms with Crippen LogP contribution in [0, 0.1) is 6.92 Å². The highest BCUT2D eigenvalue weighted by Crippen LogP contribution is 2.28. The van der Waals surface area contributed by atoms with E-state index in [0.29, 0.717) is 6.54 Å². The molecule has 0 bridgehead atoms. The van der Waals surface area contributed by atoms with E-state index in [4.69, 9.17) is 4.42 Å². The number of nitrogens with zero attached hydrogens (tertiary/aromatic N) is 1. The van der Waals surface area contributed by atoms with Crippen molar-refractivity contribution in [3.8, 4) is 10.8 Å². The fourth-order valence-electron chi connectivity index (χ4n) is 2.40. The largest absolute Gasteiger partial charge is 0.459 e. The highest BCUT2D eigenvalue weighted by molar-refractivity contribution is 7.99. The van der Waals surface area contributed by atoms with Gasteiger partial charge in [-0.1, -0.05) is 0 Å². The molecular formula is C15H20N2O2S2. The van der Waals surface area contributed by atoms with E-state index >= 15 is 0 Å². The van der Waals surface area contributed by atoms with Gasteiger partial charge in [-0.2, -0.15) is 11.8 Å². The molecule has 0 aromatic carbocycles. The van der Waals surface area contributed by atoms with Crippen molar-refractivity contribution in [1.82, 2.24) is 10.3 Å². The number of hydrogen-bond acceptors (Lipinski definition) is 6. The molecule has 1 fully saturated rings. The molecule has 0 aliphatic carbocycles. The molecule has 1 aliphatic heterocycles. The summed E-state index contributed by atoms with van der Waals surface area (Å²) in [6, 6.07) is 3.90. The summed E-state index contributed by atoms with van der Waals surface area (Å²) in [5.41, 5.74) is -0.531. The molecule has 0 saturated carbocycles. The van der Waals surface area contributed by atoms with Crippen LogP contribution in [-0.2, 0) is 6.54 Å². The highest BCUT2D eigenvalue weighted by atomic mass is 32.2. The van der Waals surface area contributed by atoms with E-state index in [-0.39, 0.29) is 0 Å². The van der Waals surface area contributed by atoms with Gasteiger partial charge in [0.25, 0.3) is 0 Å². The van der Waals surface area contributed by atoms with Crippen molar-refractivity contribution >= 4 is 23.1 Å². The van der Waals surface area contributed by atoms with Crippen molar-refractivity contribution in [1.29, 1.82) is 0 Å². The molecule has 21 heavy (non-hydrogen) atoms. The van der Waals surface area contributed by atoms with Crippen molar-refractivity contribution in [2.45, 2.75) is 31.9 Å². The third-order valence-corrected chi connectivity index (χ3v) is 5.68. The molecular weight excluding hydrogens is 304 g/mol. The van der Waals surface area contributed by atoms with E-state index in [1.165, 1.54) is 0 Å². The van der Waals surface area contributed by atoms with Crippen LogP contribution in [0.1, 0.15) is 23.5 Å². The summed E-state index contributed by atoms with van der Waals surface area (Å²) in [4.78, 5) is 5.56. The first-order chi connectivity index (χ1) is 10.1. The van der Waals surface area contributed by atoms with Gasteiger partial charge in [0.1, 0.15) is 5.76 Å². The van der Waals surface area contributed by atoms with Crippen molar-refractivity contribution in [2.24, 2.45) is 0 Å². The Bertz CT molecular complexity index is 588. The van der Waals surface area contributed by atoms with Crippen LogP contribution in [-0.4, -0.2) is 33.7 Å². The SMILES string of the molecule is Cc1ccc(-c2ncc(CNCC3(O)CCSCC3)s2)o1. The molecule has 0 amide bonds. The average molecular weight is 324 g/mol. The Morgan fingerprint density at radius 1 is 1.38 bits per heavy atom. The standard InChI is InChI=1S/C15H20N2O2S2/c1-11-2-3-13(19-11)14-17-9-12(21-14)8-16-10-15(18)4-6-20-7-5-15/h2-3,9,16,18H,4-8,10H2,1H3. The van der Waals surface area contributed by atoms with Gasteiger partial charge in [-0.25, -0.2) is 4.98 Å². The second-order valence-electron chi connectivity index (χ2n) is 5.48. The van der Waals surface area contributed by atoms with Gasteiger partial charge < -0.3 is 14.8 Å². The average Bonchev–Trinajstić information content (AvgIpc) is 3.08. The number of thioether (sulfide) groups is 1. The molecule has 3 heterocycles. The fourth-order valence-corrected chi connectivity index (χ4v) is 4.50. The first kappa shape index (κ1) is 15.1. The monoisotopic (exact) mass is 324 g/mol. The number of hydrogen-bond donors (Lipinski definition) is 2. The first-order valence-corrected chi connectivity index (χ1v) is 9.14. The summed E-state index contributed by atoms with van der Waals surface area (Å²) in [5, 5.41) is 14.7. The lowest BCUT2D eigenvalue weighted by atomic mass is 9.97. The van der Waals surface area contributed by atoms with E-state index in [9.17, 15) is 5.11 Å². The Morgan fingerprint density at radius 3 is 2.90 bits per heavy atom. The zero-order valence-corrected chi connectivity index (χ0v) is 13.7. The fraction of sp³-hybridized carbons (Fsp3) is 0.533. The van der Waals surface area contributed by atoms with E-state index in [1.807, 2.05) is 37.0 Å². The Morgan fingerprint density at radius 2 is 2.19 bits per heavy atom. The number of aryl methyl sites for hydroxylation is 1. The van der Waals surface area contributed by atoms with Crippen LogP contribution in [0.25, 0.3) is 10.8 Å². The summed E-state index contributed by atoms with van der Waals surface area (Å²) < 4.78 is 5.58. The predicted molar refractivity (Wildman–Crippen MR) is 87.8 cm³/mol. The lowest BCUT2D eigenvalue weighted by molar-refractivity contribution is 0.0321. The number of thiazole rings is 1. The van der Waals surface area contributed by atoms with Crippen molar-refractivity contribution in [3.63, 3.8) is 0 Å². The Balaban J connectivity index is 1.53. The molecule has 3 rings (SSSR count). The van der Waals surface area contributed by atoms with Crippen LogP contribution >= 0.6 is 23.1 Å². The van der Waals surface area contributed by atoms with E-state index in [1.54, 1.807) is 11.3 Å². The first-order valence-electron chi connectivity index (χ1n) is 7.17. The number of nitrogens with one attached hydrogen (secondary N) is 1. The molecule has 2 aromatic rings. The van der Waals surface area contributed by atoms with Gasteiger partial charge in [-0.15, -0.1) is 11.3 Å². The minimum absolute atomic E-state index is 0.531. The zero-order chi connectivity index (χ0) is 14.7. The number of rotatable bonds is 5. The molecule has 0 unspecified atom stereocenters. The summed E-state index contributed by atoms with van der Waals surface area (Å²) in [5.74, 6) is 3.84. The van der Waals surface area contributed by atoms with Crippen LogP contribution < -0.4 is 5.32 Å². The molecule has 2 N–H and O–H groups in total. The van der Waals surface area contributed by atoms with Crippen molar-refractivity contribution in [3.05, 3.63) is 29.0 Å². The normalized spacial score (nSPS) is 18.0. The third-order valence-electron chi connectivity index (χ3n) is 3.68. The lowest BCUT2D eigenvalue weighted by Gasteiger charge is -2.31. The van der Waals surface area contributed by atoms with Gasteiger partial charge >= 0.3 is 0 Å². The second-order valence-corrected chi connectivity index (χ2v) is 7.82. The summed E-state index contributed by atoms with van der Waals surface area (Å²) in [6.45, 7) is 3.33. The smallest absolute Gasteiger partial charge is 0.162 e. The molecule has 0 atom stereocenters. The lowest BCUT2D eigenvalue weighted by Crippen LogP contribution is -2.43. The van der Waals surface area contributed by atoms with Gasteiger partial charge in [0.05, 0.1) is 5.60 Å². The Hall–Kier alpha value is -0.820. The number of aliphatic hydroxyl groups is 1. The van der Waals surface area contributed by atoms with E-state index < -0.39 is 5.60 Å². The maximum absolute atomic E-state index is 10.4. The van der Waals surface area contributed by atoms with Gasteiger partial charge in [-0.3, -0.25) is 0 Å². The van der Waals surface area contributed by atoms with Gasteiger partial charge in [0.15, 0.2) is 10.8 Å². The van der Waals surface area contributed by atoms with Crippen LogP contribution in [0.2, 0.25) is 0 Å². The minimum Gasteiger partial charge on any atom is -0.459 e. The molecule has 4 nitrogen and oxygen atoms in total. The van der Waals surface area contributed by atoms with Crippen LogP contribution in [0.4, 0.5) is 0 Å². The molecule has 2 aromatic heterocycles. The van der Waals surface area contributed by atoms with Gasteiger partial charge in [0.2, 0.25) is 0 Å². The third kappa shape index (κ3) is 3.88. The summed E-state index contributed by atoms with van der Waals surface area (Å²) in [6.07, 6.45) is 3.64. The molecule has 0 spiro atoms. The van der Waals surface area contributed by atoms with Gasteiger partial charge in [-0.05, 0) is 43.4 Å². The molecule has 1 saturated heterocycles. The number of furan rings is 1. The van der Waals surface area contributed by atoms with Crippen LogP contribution in [0.3, 0.4) is 0 Å². The molecule has 6 heteroatoms. The highest BCUT2D eigenvalue weighted by Gasteiger charge is 2.28. The summed E-state index contributed by atoms with van der Waals surface area (Å²) in [7, 11) is 0. The molecule has 114 valence electrons. The van der Waals surface area contributed by atoms with E-state index in [0.717, 1.165) is 52.3 Å². The quantitative estimate of drug-likeness (QED) is 0.885. The number of aromatic nitrogens is 1. The maximum Gasteiger partial charge on any atom is 0.162 e. The van der Waals surface area contributed by atoms with Gasteiger partial charge in [0, 0.05) is 24.2 Å². The zero-order valence-electron chi connectivity index (χ0n) is 12.1. The Labute approximate surface area is 133 Å². The molecule has 1 aliphatic rings. The van der Waals surface area contributed by atoms with Crippen LogP contribution in [0.15, 0.2) is 22.7 Å². The van der Waals surface area contributed by atoms with Crippen molar-refractivity contribution < 1.29 is 9.52 Å². The second kappa shape index (κ2) is 6.52. The molecule has 0 radical (unpaired) electrons. The Kier molecular flexibility index (Phi) is 4.69. The minimum atomic E-state index is -0.531. The topological polar surface area (TPSA) is 58.3 Å². The van der Waals surface area contributed by atoms with Crippen molar-refractivity contribution in [2.75, 3.05) is 18.1 Å². The van der Waals surface area contributed by atoms with Crippen LogP contribution in [0.5, 0.6) is 0 Å². The summed E-state index contributed by atoms with van der Waals surface area (Å²) >= 11 is 3.56.